The van der Waals surface area contributed by atoms with Gasteiger partial charge in [-0.1, -0.05) is 36.4 Å². The third-order valence-electron chi connectivity index (χ3n) is 4.64. The van der Waals surface area contributed by atoms with E-state index in [1.165, 1.54) is 18.2 Å². The van der Waals surface area contributed by atoms with Gasteiger partial charge in [0, 0.05) is 25.2 Å². The highest BCUT2D eigenvalue weighted by molar-refractivity contribution is 5.95. The van der Waals surface area contributed by atoms with E-state index in [1.807, 2.05) is 36.4 Å². The fourth-order valence-electron chi connectivity index (χ4n) is 3.00. The highest BCUT2D eigenvalue weighted by Crippen LogP contribution is 2.29. The van der Waals surface area contributed by atoms with Crippen LogP contribution < -0.4 is 20.1 Å². The van der Waals surface area contributed by atoms with E-state index in [2.05, 4.69) is 10.6 Å². The SMILES string of the molecule is CNc1ccc(C(=O)NCc2ccc(OCc3ccccc3)c(OC)c2)cc1[N+](=O)[O-]. The van der Waals surface area contributed by atoms with Crippen LogP contribution in [0.5, 0.6) is 11.5 Å². The number of carbonyl (C=O) groups is 1. The Morgan fingerprint density at radius 2 is 1.77 bits per heavy atom. The second-order valence-corrected chi connectivity index (χ2v) is 6.68. The monoisotopic (exact) mass is 421 g/mol. The topological polar surface area (TPSA) is 103 Å². The average molecular weight is 421 g/mol. The maximum absolute atomic E-state index is 12.5. The summed E-state index contributed by atoms with van der Waals surface area (Å²) in [6.45, 7) is 0.643. The molecule has 3 aromatic rings. The molecule has 0 fully saturated rings. The lowest BCUT2D eigenvalue weighted by Gasteiger charge is -2.13. The van der Waals surface area contributed by atoms with Crippen LogP contribution in [0, 0.1) is 10.1 Å². The van der Waals surface area contributed by atoms with Crippen molar-refractivity contribution in [2.24, 2.45) is 0 Å². The molecule has 0 bridgehead atoms. The van der Waals surface area contributed by atoms with E-state index >= 15 is 0 Å². The van der Waals surface area contributed by atoms with E-state index in [-0.39, 0.29) is 17.8 Å². The van der Waals surface area contributed by atoms with Crippen molar-refractivity contribution in [1.82, 2.24) is 5.32 Å². The van der Waals surface area contributed by atoms with Gasteiger partial charge in [-0.2, -0.15) is 0 Å². The summed E-state index contributed by atoms with van der Waals surface area (Å²) in [5, 5.41) is 16.7. The van der Waals surface area contributed by atoms with E-state index in [0.29, 0.717) is 23.8 Å². The molecule has 3 rings (SSSR count). The van der Waals surface area contributed by atoms with Gasteiger partial charge in [-0.15, -0.1) is 0 Å². The number of nitrogens with one attached hydrogen (secondary N) is 2. The van der Waals surface area contributed by atoms with Crippen molar-refractivity contribution in [3.8, 4) is 11.5 Å². The minimum atomic E-state index is -0.526. The Hall–Kier alpha value is -4.07. The molecular weight excluding hydrogens is 398 g/mol. The predicted molar refractivity (Wildman–Crippen MR) is 118 cm³/mol. The number of benzene rings is 3. The smallest absolute Gasteiger partial charge is 0.293 e. The van der Waals surface area contributed by atoms with Gasteiger partial charge in [0.2, 0.25) is 0 Å². The van der Waals surface area contributed by atoms with Crippen LogP contribution in [0.1, 0.15) is 21.5 Å². The van der Waals surface area contributed by atoms with Gasteiger partial charge in [-0.25, -0.2) is 0 Å². The van der Waals surface area contributed by atoms with E-state index < -0.39 is 10.8 Å². The molecule has 0 aliphatic carbocycles. The van der Waals surface area contributed by atoms with E-state index in [0.717, 1.165) is 11.1 Å². The quantitative estimate of drug-likeness (QED) is 0.397. The van der Waals surface area contributed by atoms with Crippen molar-refractivity contribution < 1.29 is 19.2 Å². The fraction of sp³-hybridized carbons (Fsp3) is 0.174. The van der Waals surface area contributed by atoms with Gasteiger partial charge in [-0.3, -0.25) is 14.9 Å². The maximum atomic E-state index is 12.5. The molecule has 1 amide bonds. The fourth-order valence-corrected chi connectivity index (χ4v) is 3.00. The van der Waals surface area contributed by atoms with Gasteiger partial charge in [0.15, 0.2) is 11.5 Å². The number of nitro groups is 1. The normalized spacial score (nSPS) is 10.3. The predicted octanol–water partition coefficient (Wildman–Crippen LogP) is 4.15. The highest BCUT2D eigenvalue weighted by Gasteiger charge is 2.17. The molecule has 31 heavy (non-hydrogen) atoms. The van der Waals surface area contributed by atoms with Crippen molar-refractivity contribution in [2.45, 2.75) is 13.2 Å². The number of rotatable bonds is 9. The molecule has 8 nitrogen and oxygen atoms in total. The van der Waals surface area contributed by atoms with Crippen LogP contribution in [0.2, 0.25) is 0 Å². The highest BCUT2D eigenvalue weighted by atomic mass is 16.6. The van der Waals surface area contributed by atoms with Gasteiger partial charge in [0.1, 0.15) is 12.3 Å². The zero-order valence-corrected chi connectivity index (χ0v) is 17.3. The Kier molecular flexibility index (Phi) is 7.05. The largest absolute Gasteiger partial charge is 0.493 e. The van der Waals surface area contributed by atoms with Crippen LogP contribution in [0.15, 0.2) is 66.7 Å². The minimum Gasteiger partial charge on any atom is -0.493 e. The molecule has 0 saturated heterocycles. The Balaban J connectivity index is 1.65. The Morgan fingerprint density at radius 1 is 1.00 bits per heavy atom. The van der Waals surface area contributed by atoms with Crippen molar-refractivity contribution in [2.75, 3.05) is 19.5 Å². The molecule has 0 atom stereocenters. The molecule has 0 aromatic heterocycles. The molecule has 2 N–H and O–H groups in total. The zero-order valence-electron chi connectivity index (χ0n) is 17.3. The second kappa shape index (κ2) is 10.1. The maximum Gasteiger partial charge on any atom is 0.293 e. The first-order chi connectivity index (χ1) is 15.0. The summed E-state index contributed by atoms with van der Waals surface area (Å²) in [4.78, 5) is 23.1. The van der Waals surface area contributed by atoms with Crippen LogP contribution in [-0.2, 0) is 13.2 Å². The van der Waals surface area contributed by atoms with E-state index in [9.17, 15) is 14.9 Å². The van der Waals surface area contributed by atoms with Gasteiger partial charge in [0.25, 0.3) is 11.6 Å². The number of ether oxygens (including phenoxy) is 2. The summed E-state index contributed by atoms with van der Waals surface area (Å²) in [6.07, 6.45) is 0. The number of nitro benzene ring substituents is 1. The third kappa shape index (κ3) is 5.51. The van der Waals surface area contributed by atoms with Gasteiger partial charge >= 0.3 is 0 Å². The van der Waals surface area contributed by atoms with E-state index in [1.54, 1.807) is 26.3 Å². The number of methoxy groups -OCH3 is 1. The number of hydrogen-bond acceptors (Lipinski definition) is 6. The van der Waals surface area contributed by atoms with Crippen LogP contribution in [0.3, 0.4) is 0 Å². The molecule has 0 aliphatic rings. The standard InChI is InChI=1S/C23H23N3O5/c1-24-19-10-9-18(13-20(19)26(28)29)23(27)25-14-17-8-11-21(22(12-17)30-2)31-15-16-6-4-3-5-7-16/h3-13,24H,14-15H2,1-2H3,(H,25,27). The summed E-state index contributed by atoms with van der Waals surface area (Å²) in [7, 11) is 3.14. The van der Waals surface area contributed by atoms with Crippen LogP contribution in [-0.4, -0.2) is 25.0 Å². The van der Waals surface area contributed by atoms with Crippen molar-refractivity contribution >= 4 is 17.3 Å². The Bertz CT molecular complexity index is 1070. The first-order valence-corrected chi connectivity index (χ1v) is 9.60. The molecule has 3 aromatic carbocycles. The molecule has 0 saturated carbocycles. The van der Waals surface area contributed by atoms with Crippen molar-refractivity contribution in [3.05, 3.63) is 93.5 Å². The summed E-state index contributed by atoms with van der Waals surface area (Å²) < 4.78 is 11.3. The zero-order chi connectivity index (χ0) is 22.2. The summed E-state index contributed by atoms with van der Waals surface area (Å²) in [5.74, 6) is 0.741. The lowest BCUT2D eigenvalue weighted by molar-refractivity contribution is -0.384. The molecule has 0 heterocycles. The molecule has 160 valence electrons. The number of nitrogens with zero attached hydrogens (tertiary/aromatic N) is 1. The van der Waals surface area contributed by atoms with Crippen LogP contribution in [0.25, 0.3) is 0 Å². The molecule has 0 spiro atoms. The number of amides is 1. The molecule has 0 radical (unpaired) electrons. The lowest BCUT2D eigenvalue weighted by Crippen LogP contribution is -2.23. The lowest BCUT2D eigenvalue weighted by atomic mass is 10.1. The third-order valence-corrected chi connectivity index (χ3v) is 4.64. The van der Waals surface area contributed by atoms with Crippen molar-refractivity contribution in [1.29, 1.82) is 0 Å². The number of anilines is 1. The average Bonchev–Trinajstić information content (AvgIpc) is 2.81. The van der Waals surface area contributed by atoms with Gasteiger partial charge < -0.3 is 20.1 Å². The van der Waals surface area contributed by atoms with Crippen LogP contribution >= 0.6 is 0 Å². The molecule has 0 unspecified atom stereocenters. The Labute approximate surface area is 180 Å². The first-order valence-electron chi connectivity index (χ1n) is 9.60. The molecular formula is C23H23N3O5. The van der Waals surface area contributed by atoms with E-state index in [4.69, 9.17) is 9.47 Å². The second-order valence-electron chi connectivity index (χ2n) is 6.68. The first kappa shape index (κ1) is 21.6. The van der Waals surface area contributed by atoms with Crippen LogP contribution in [0.4, 0.5) is 11.4 Å². The summed E-state index contributed by atoms with van der Waals surface area (Å²) in [6, 6.07) is 19.5. The minimum absolute atomic E-state index is 0.156. The van der Waals surface area contributed by atoms with Gasteiger partial charge in [0.05, 0.1) is 12.0 Å². The summed E-state index contributed by atoms with van der Waals surface area (Å²) in [5.41, 5.74) is 2.24. The molecule has 0 aliphatic heterocycles. The van der Waals surface area contributed by atoms with Gasteiger partial charge in [-0.05, 0) is 35.4 Å². The summed E-state index contributed by atoms with van der Waals surface area (Å²) >= 11 is 0. The van der Waals surface area contributed by atoms with Crippen molar-refractivity contribution in [3.63, 3.8) is 0 Å². The number of hydrogen-bond donors (Lipinski definition) is 2. The molecule has 8 heteroatoms. The number of carbonyl (C=O) groups excluding carboxylic acids is 1. The Morgan fingerprint density at radius 3 is 2.45 bits per heavy atom.